The van der Waals surface area contributed by atoms with Crippen LogP contribution in [0.1, 0.15) is 17.5 Å². The highest BCUT2D eigenvalue weighted by Crippen LogP contribution is 2.19. The minimum Gasteiger partial charge on any atom is -0.271 e. The third kappa shape index (κ3) is 4.27. The van der Waals surface area contributed by atoms with Gasteiger partial charge in [-0.25, -0.2) is 4.39 Å². The Morgan fingerprint density at radius 2 is 2.20 bits per heavy atom. The highest BCUT2D eigenvalue weighted by molar-refractivity contribution is 6.31. The van der Waals surface area contributed by atoms with E-state index in [2.05, 4.69) is 10.4 Å². The lowest BCUT2D eigenvalue weighted by Crippen LogP contribution is -2.37. The third-order valence-corrected chi connectivity index (χ3v) is 3.58. The zero-order chi connectivity index (χ0) is 14.4. The minimum atomic E-state index is -0.285. The van der Waals surface area contributed by atoms with Gasteiger partial charge in [-0.3, -0.25) is 16.3 Å². The fraction of sp³-hybridized carbons (Fsp3) is 0.267. The summed E-state index contributed by atoms with van der Waals surface area (Å²) in [6.07, 6.45) is 5.86. The average Bonchev–Trinajstić information content (AvgIpc) is 2.48. The van der Waals surface area contributed by atoms with Crippen LogP contribution in [-0.2, 0) is 12.8 Å². The van der Waals surface area contributed by atoms with Crippen molar-refractivity contribution in [1.82, 2.24) is 10.4 Å². The van der Waals surface area contributed by atoms with Gasteiger partial charge in [0.05, 0.1) is 0 Å². The number of nitrogens with two attached hydrogens (primary N) is 1. The lowest BCUT2D eigenvalue weighted by Gasteiger charge is -2.16. The van der Waals surface area contributed by atoms with Crippen molar-refractivity contribution in [2.24, 2.45) is 5.84 Å². The van der Waals surface area contributed by atoms with Crippen LogP contribution in [0.4, 0.5) is 4.39 Å². The number of halogens is 2. The van der Waals surface area contributed by atoms with Gasteiger partial charge >= 0.3 is 0 Å². The second kappa shape index (κ2) is 7.33. The molecule has 1 aromatic carbocycles. The van der Waals surface area contributed by atoms with Gasteiger partial charge in [-0.2, -0.15) is 0 Å². The molecule has 0 fully saturated rings. The fourth-order valence-electron chi connectivity index (χ4n) is 2.10. The molecular weight excluding hydrogens is 277 g/mol. The quantitative estimate of drug-likeness (QED) is 0.636. The molecule has 0 amide bonds. The first-order valence-corrected chi connectivity index (χ1v) is 6.86. The van der Waals surface area contributed by atoms with E-state index in [-0.39, 0.29) is 11.9 Å². The molecule has 0 bridgehead atoms. The molecule has 1 aromatic heterocycles. The normalized spacial score (nSPS) is 12.3. The van der Waals surface area contributed by atoms with Gasteiger partial charge in [0.25, 0.3) is 0 Å². The van der Waals surface area contributed by atoms with Crippen LogP contribution in [0, 0.1) is 5.82 Å². The molecule has 0 saturated heterocycles. The number of pyridine rings is 1. The Bertz CT molecular complexity index is 548. The Hall–Kier alpha value is -1.49. The first-order chi connectivity index (χ1) is 9.69. The van der Waals surface area contributed by atoms with Crippen molar-refractivity contribution in [3.8, 4) is 0 Å². The lowest BCUT2D eigenvalue weighted by atomic mass is 10.00. The zero-order valence-electron chi connectivity index (χ0n) is 11.0. The van der Waals surface area contributed by atoms with E-state index < -0.39 is 0 Å². The summed E-state index contributed by atoms with van der Waals surface area (Å²) in [5.41, 5.74) is 4.68. The van der Waals surface area contributed by atoms with E-state index in [0.29, 0.717) is 11.4 Å². The van der Waals surface area contributed by atoms with Crippen LogP contribution in [-0.4, -0.2) is 11.0 Å². The average molecular weight is 294 g/mol. The summed E-state index contributed by atoms with van der Waals surface area (Å²) in [5, 5.41) is 0.563. The van der Waals surface area contributed by atoms with Crippen molar-refractivity contribution in [2.75, 3.05) is 0 Å². The van der Waals surface area contributed by atoms with Gasteiger partial charge < -0.3 is 0 Å². The van der Waals surface area contributed by atoms with Crippen LogP contribution in [0.3, 0.4) is 0 Å². The Balaban J connectivity index is 1.97. The van der Waals surface area contributed by atoms with Gasteiger partial charge in [0.15, 0.2) is 0 Å². The second-order valence-electron chi connectivity index (χ2n) is 4.70. The predicted octanol–water partition coefficient (Wildman–Crippen LogP) is 2.88. The molecule has 1 heterocycles. The van der Waals surface area contributed by atoms with Crippen LogP contribution in [0.25, 0.3) is 0 Å². The number of rotatable bonds is 6. The van der Waals surface area contributed by atoms with Gasteiger partial charge in [0, 0.05) is 23.5 Å². The van der Waals surface area contributed by atoms with Crippen LogP contribution in [0.5, 0.6) is 0 Å². The maximum absolute atomic E-state index is 13.2. The van der Waals surface area contributed by atoms with Gasteiger partial charge in [0.1, 0.15) is 5.82 Å². The lowest BCUT2D eigenvalue weighted by molar-refractivity contribution is 0.490. The summed E-state index contributed by atoms with van der Waals surface area (Å²) < 4.78 is 13.2. The first-order valence-electron chi connectivity index (χ1n) is 6.48. The first kappa shape index (κ1) is 14.9. The molecule has 2 aromatic rings. The minimum absolute atomic E-state index is 0.0366. The van der Waals surface area contributed by atoms with E-state index in [1.807, 2.05) is 18.3 Å². The highest BCUT2D eigenvalue weighted by Gasteiger charge is 2.11. The van der Waals surface area contributed by atoms with E-state index >= 15 is 0 Å². The maximum Gasteiger partial charge on any atom is 0.123 e. The van der Waals surface area contributed by atoms with E-state index in [1.54, 1.807) is 12.3 Å². The van der Waals surface area contributed by atoms with Crippen molar-refractivity contribution in [1.29, 1.82) is 0 Å². The molecule has 0 aliphatic carbocycles. The Morgan fingerprint density at radius 1 is 1.35 bits per heavy atom. The van der Waals surface area contributed by atoms with Gasteiger partial charge in [-0.1, -0.05) is 17.7 Å². The zero-order valence-corrected chi connectivity index (χ0v) is 11.8. The van der Waals surface area contributed by atoms with Crippen molar-refractivity contribution < 1.29 is 4.39 Å². The molecule has 0 aliphatic rings. The number of aryl methyl sites for hydroxylation is 1. The molecule has 3 N–H and O–H groups in total. The molecule has 0 spiro atoms. The van der Waals surface area contributed by atoms with Gasteiger partial charge in [0.2, 0.25) is 0 Å². The van der Waals surface area contributed by atoms with Crippen LogP contribution >= 0.6 is 11.6 Å². The van der Waals surface area contributed by atoms with Crippen molar-refractivity contribution in [3.63, 3.8) is 0 Å². The van der Waals surface area contributed by atoms with E-state index in [9.17, 15) is 4.39 Å². The molecule has 1 unspecified atom stereocenters. The molecule has 5 heteroatoms. The third-order valence-electron chi connectivity index (χ3n) is 3.21. The molecule has 0 saturated carbocycles. The van der Waals surface area contributed by atoms with Crippen molar-refractivity contribution >= 4 is 11.6 Å². The summed E-state index contributed by atoms with van der Waals surface area (Å²) in [6.45, 7) is 0. The SMILES string of the molecule is NNC(CCc1cccnc1)Cc1cc(F)ccc1Cl. The monoisotopic (exact) mass is 293 g/mol. The smallest absolute Gasteiger partial charge is 0.123 e. The van der Waals surface area contributed by atoms with Gasteiger partial charge in [-0.05, 0) is 54.7 Å². The predicted molar refractivity (Wildman–Crippen MR) is 78.8 cm³/mol. The number of benzene rings is 1. The molecule has 106 valence electrons. The van der Waals surface area contributed by atoms with E-state index in [0.717, 1.165) is 24.0 Å². The number of hydrazine groups is 1. The Labute approximate surface area is 122 Å². The van der Waals surface area contributed by atoms with E-state index in [4.69, 9.17) is 17.4 Å². The molecule has 3 nitrogen and oxygen atoms in total. The number of hydrogen-bond donors (Lipinski definition) is 2. The molecular formula is C15H17ClFN3. The van der Waals surface area contributed by atoms with Crippen LogP contribution < -0.4 is 11.3 Å². The van der Waals surface area contributed by atoms with Crippen molar-refractivity contribution in [3.05, 3.63) is 64.7 Å². The second-order valence-corrected chi connectivity index (χ2v) is 5.11. The number of aromatic nitrogens is 1. The largest absolute Gasteiger partial charge is 0.271 e. The fourth-order valence-corrected chi connectivity index (χ4v) is 2.29. The summed E-state index contributed by atoms with van der Waals surface area (Å²) in [6, 6.07) is 8.35. The maximum atomic E-state index is 13.2. The van der Waals surface area contributed by atoms with E-state index in [1.165, 1.54) is 12.1 Å². The number of nitrogens with one attached hydrogen (secondary N) is 1. The number of hydrogen-bond acceptors (Lipinski definition) is 3. The van der Waals surface area contributed by atoms with Crippen LogP contribution in [0.15, 0.2) is 42.7 Å². The summed E-state index contributed by atoms with van der Waals surface area (Å²) in [4.78, 5) is 4.08. The Kier molecular flexibility index (Phi) is 5.47. The van der Waals surface area contributed by atoms with Crippen LogP contribution in [0.2, 0.25) is 5.02 Å². The number of nitrogens with zero attached hydrogens (tertiary/aromatic N) is 1. The molecule has 2 rings (SSSR count). The Morgan fingerprint density at radius 3 is 2.90 bits per heavy atom. The highest BCUT2D eigenvalue weighted by atomic mass is 35.5. The molecule has 20 heavy (non-hydrogen) atoms. The molecule has 0 radical (unpaired) electrons. The van der Waals surface area contributed by atoms with Crippen molar-refractivity contribution in [2.45, 2.75) is 25.3 Å². The molecule has 1 atom stereocenters. The standard InChI is InChI=1S/C15H17ClFN3/c16-15-6-4-13(17)8-12(15)9-14(20-18)5-3-11-2-1-7-19-10-11/h1-2,4,6-8,10,14,20H,3,5,9,18H2. The summed E-state index contributed by atoms with van der Waals surface area (Å²) >= 11 is 6.07. The topological polar surface area (TPSA) is 50.9 Å². The van der Waals surface area contributed by atoms with Gasteiger partial charge in [-0.15, -0.1) is 0 Å². The summed E-state index contributed by atoms with van der Waals surface area (Å²) in [7, 11) is 0. The summed E-state index contributed by atoms with van der Waals surface area (Å²) in [5.74, 6) is 5.29. The molecule has 0 aliphatic heterocycles.